The van der Waals surface area contributed by atoms with Crippen molar-refractivity contribution >= 4 is 5.97 Å². The van der Waals surface area contributed by atoms with Crippen molar-refractivity contribution in [2.75, 3.05) is 6.61 Å². The summed E-state index contributed by atoms with van der Waals surface area (Å²) in [5.74, 6) is 0.702. The number of carbonyl (C=O) groups excluding carboxylic acids is 1. The largest absolute Gasteiger partial charge is 0.489 e. The Morgan fingerprint density at radius 2 is 1.96 bits per heavy atom. The number of carbonyl (C=O) groups is 1. The smallest absolute Gasteiger partial charge is 0.330 e. The lowest BCUT2D eigenvalue weighted by Crippen LogP contribution is -2.27. The fourth-order valence-corrected chi connectivity index (χ4v) is 3.31. The Morgan fingerprint density at radius 3 is 2.64 bits per heavy atom. The van der Waals surface area contributed by atoms with Crippen LogP contribution in [0.5, 0.6) is 11.5 Å². The molecule has 3 rings (SSSR count). The Morgan fingerprint density at radius 1 is 1.21 bits per heavy atom. The molecule has 28 heavy (non-hydrogen) atoms. The molecule has 5 heteroatoms. The molecule has 2 atom stereocenters. The van der Waals surface area contributed by atoms with Gasteiger partial charge < -0.3 is 14.2 Å². The predicted octanol–water partition coefficient (Wildman–Crippen LogP) is 5.22. The van der Waals surface area contributed by atoms with E-state index < -0.39 is 0 Å². The molecule has 0 amide bonds. The van der Waals surface area contributed by atoms with E-state index in [9.17, 15) is 9.18 Å². The van der Waals surface area contributed by atoms with E-state index in [2.05, 4.69) is 6.07 Å². The number of ether oxygens (including phenoxy) is 3. The first-order valence-electron chi connectivity index (χ1n) is 9.49. The molecule has 0 spiro atoms. The van der Waals surface area contributed by atoms with Crippen molar-refractivity contribution in [2.45, 2.75) is 45.8 Å². The van der Waals surface area contributed by atoms with Gasteiger partial charge in [-0.3, -0.25) is 0 Å². The normalized spacial score (nSPS) is 17.1. The van der Waals surface area contributed by atoms with Gasteiger partial charge >= 0.3 is 5.97 Å². The van der Waals surface area contributed by atoms with E-state index in [1.165, 1.54) is 18.2 Å². The van der Waals surface area contributed by atoms with Crippen LogP contribution in [-0.4, -0.2) is 18.7 Å². The molecule has 0 fully saturated rings. The molecule has 0 radical (unpaired) electrons. The summed E-state index contributed by atoms with van der Waals surface area (Å²) in [6, 6.07) is 10.1. The van der Waals surface area contributed by atoms with Crippen LogP contribution in [0.25, 0.3) is 0 Å². The third-order valence-electron chi connectivity index (χ3n) is 4.61. The minimum Gasteiger partial charge on any atom is -0.489 e. The summed E-state index contributed by atoms with van der Waals surface area (Å²) in [5, 5.41) is 0. The summed E-state index contributed by atoms with van der Waals surface area (Å²) in [7, 11) is 0. The standard InChI is InChI=1S/C23H25FO4/c1-4-21(27-18-10-8-17(24)9-11-18)20-13-15(2)12-16(3)23(20)26-14-19-6-5-7-22(25)28-19/h5,7-13,19,21H,4,6,14H2,1-3H3/t19-,21?/m0/s1. The van der Waals surface area contributed by atoms with E-state index in [0.717, 1.165) is 28.9 Å². The number of cyclic esters (lactones) is 1. The number of aryl methyl sites for hydroxylation is 2. The van der Waals surface area contributed by atoms with Crippen LogP contribution in [0.2, 0.25) is 0 Å². The molecule has 148 valence electrons. The molecule has 1 aliphatic heterocycles. The highest BCUT2D eigenvalue weighted by molar-refractivity contribution is 5.82. The summed E-state index contributed by atoms with van der Waals surface area (Å²) < 4.78 is 30.7. The Kier molecular flexibility index (Phi) is 6.34. The van der Waals surface area contributed by atoms with Gasteiger partial charge in [0.25, 0.3) is 0 Å². The van der Waals surface area contributed by atoms with E-state index in [0.29, 0.717) is 12.2 Å². The quantitative estimate of drug-likeness (QED) is 0.614. The third-order valence-corrected chi connectivity index (χ3v) is 4.61. The van der Waals surface area contributed by atoms with Crippen LogP contribution in [0.15, 0.2) is 48.6 Å². The van der Waals surface area contributed by atoms with Crippen LogP contribution in [-0.2, 0) is 9.53 Å². The lowest BCUT2D eigenvalue weighted by molar-refractivity contribution is -0.145. The van der Waals surface area contributed by atoms with Gasteiger partial charge in [0.1, 0.15) is 36.1 Å². The molecule has 2 aromatic carbocycles. The molecule has 0 aromatic heterocycles. The maximum absolute atomic E-state index is 13.2. The van der Waals surface area contributed by atoms with Crippen molar-refractivity contribution in [1.82, 2.24) is 0 Å². The molecular weight excluding hydrogens is 359 g/mol. The first kappa shape index (κ1) is 19.9. The summed E-state index contributed by atoms with van der Waals surface area (Å²) >= 11 is 0. The number of hydrogen-bond donors (Lipinski definition) is 0. The van der Waals surface area contributed by atoms with Crippen LogP contribution < -0.4 is 9.47 Å². The first-order valence-corrected chi connectivity index (χ1v) is 9.49. The van der Waals surface area contributed by atoms with E-state index >= 15 is 0 Å². The van der Waals surface area contributed by atoms with E-state index in [4.69, 9.17) is 14.2 Å². The highest BCUT2D eigenvalue weighted by atomic mass is 19.1. The Bertz CT molecular complexity index is 858. The minimum atomic E-state index is -0.341. The molecule has 0 saturated carbocycles. The zero-order valence-electron chi connectivity index (χ0n) is 16.4. The molecule has 1 unspecified atom stereocenters. The topological polar surface area (TPSA) is 44.8 Å². The molecule has 1 heterocycles. The lowest BCUT2D eigenvalue weighted by Gasteiger charge is -2.25. The fourth-order valence-electron chi connectivity index (χ4n) is 3.31. The first-order chi connectivity index (χ1) is 13.5. The minimum absolute atomic E-state index is 0.243. The van der Waals surface area contributed by atoms with E-state index in [-0.39, 0.29) is 30.6 Å². The molecular formula is C23H25FO4. The highest BCUT2D eigenvalue weighted by Crippen LogP contribution is 2.35. The molecule has 0 N–H and O–H groups in total. The second-order valence-corrected chi connectivity index (χ2v) is 6.98. The van der Waals surface area contributed by atoms with Crippen LogP contribution in [0.3, 0.4) is 0 Å². The van der Waals surface area contributed by atoms with E-state index in [1.54, 1.807) is 18.2 Å². The van der Waals surface area contributed by atoms with Crippen molar-refractivity contribution in [3.05, 3.63) is 71.1 Å². The van der Waals surface area contributed by atoms with Gasteiger partial charge in [0.15, 0.2) is 0 Å². The van der Waals surface area contributed by atoms with Gasteiger partial charge in [-0.25, -0.2) is 9.18 Å². The molecule has 0 bridgehead atoms. The Hall–Kier alpha value is -2.82. The van der Waals surface area contributed by atoms with E-state index in [1.807, 2.05) is 26.8 Å². The zero-order chi connectivity index (χ0) is 20.1. The average molecular weight is 384 g/mol. The summed E-state index contributed by atoms with van der Waals surface area (Å²) in [5.41, 5.74) is 3.03. The zero-order valence-corrected chi connectivity index (χ0v) is 16.4. The second-order valence-electron chi connectivity index (χ2n) is 6.98. The average Bonchev–Trinajstić information content (AvgIpc) is 2.66. The number of benzene rings is 2. The van der Waals surface area contributed by atoms with Crippen LogP contribution in [0.1, 0.15) is 42.6 Å². The van der Waals surface area contributed by atoms with Crippen molar-refractivity contribution in [3.63, 3.8) is 0 Å². The maximum atomic E-state index is 13.2. The molecule has 4 nitrogen and oxygen atoms in total. The monoisotopic (exact) mass is 384 g/mol. The molecule has 0 aliphatic carbocycles. The summed E-state index contributed by atoms with van der Waals surface area (Å²) in [6.45, 7) is 6.32. The van der Waals surface area contributed by atoms with Gasteiger partial charge in [-0.05, 0) is 56.2 Å². The highest BCUT2D eigenvalue weighted by Gasteiger charge is 2.22. The van der Waals surface area contributed by atoms with Crippen molar-refractivity contribution < 1.29 is 23.4 Å². The molecule has 1 aliphatic rings. The number of halogens is 1. The number of rotatable bonds is 7. The lowest BCUT2D eigenvalue weighted by atomic mass is 9.99. The van der Waals surface area contributed by atoms with Gasteiger partial charge in [-0.15, -0.1) is 0 Å². The van der Waals surface area contributed by atoms with Crippen molar-refractivity contribution in [3.8, 4) is 11.5 Å². The Labute approximate surface area is 164 Å². The van der Waals surface area contributed by atoms with Gasteiger partial charge in [0.2, 0.25) is 0 Å². The third kappa shape index (κ3) is 4.91. The van der Waals surface area contributed by atoms with Gasteiger partial charge in [0.05, 0.1) is 0 Å². The second kappa shape index (κ2) is 8.91. The van der Waals surface area contributed by atoms with Gasteiger partial charge in [0, 0.05) is 18.1 Å². The summed E-state index contributed by atoms with van der Waals surface area (Å²) in [4.78, 5) is 11.4. The van der Waals surface area contributed by atoms with Crippen LogP contribution >= 0.6 is 0 Å². The van der Waals surface area contributed by atoms with Crippen LogP contribution in [0, 0.1) is 19.7 Å². The molecule has 2 aromatic rings. The van der Waals surface area contributed by atoms with Crippen molar-refractivity contribution in [1.29, 1.82) is 0 Å². The number of esters is 1. The maximum Gasteiger partial charge on any atom is 0.330 e. The predicted molar refractivity (Wildman–Crippen MR) is 105 cm³/mol. The summed E-state index contributed by atoms with van der Waals surface area (Å²) in [6.07, 6.45) is 4.04. The van der Waals surface area contributed by atoms with Crippen LogP contribution in [0.4, 0.5) is 4.39 Å². The van der Waals surface area contributed by atoms with Crippen molar-refractivity contribution in [2.24, 2.45) is 0 Å². The van der Waals surface area contributed by atoms with Gasteiger partial charge in [-0.2, -0.15) is 0 Å². The van der Waals surface area contributed by atoms with Gasteiger partial charge in [-0.1, -0.05) is 24.6 Å². The fraction of sp³-hybridized carbons (Fsp3) is 0.348. The molecule has 0 saturated heterocycles. The number of hydrogen-bond acceptors (Lipinski definition) is 4. The SMILES string of the molecule is CCC(Oc1ccc(F)cc1)c1cc(C)cc(C)c1OC[C@@H]1CC=CC(=O)O1. The Balaban J connectivity index is 1.82.